The molecule has 0 fully saturated rings. The molecule has 0 spiro atoms. The van der Waals surface area contributed by atoms with Crippen molar-refractivity contribution < 1.29 is 9.47 Å². The number of H-pyrrole nitrogens is 1. The Kier molecular flexibility index (Phi) is 8.05. The van der Waals surface area contributed by atoms with Gasteiger partial charge in [-0.1, -0.05) is 23.8 Å². The first kappa shape index (κ1) is 24.8. The number of thiocarbonyl (C=S) groups is 1. The number of hydrogen-bond donors (Lipinski definition) is 2. The molecule has 4 rings (SSSR count). The van der Waals surface area contributed by atoms with Crippen LogP contribution in [-0.2, 0) is 19.5 Å². The smallest absolute Gasteiger partial charge is 0.253 e. The lowest BCUT2D eigenvalue weighted by Crippen LogP contribution is -2.40. The number of fused-ring (bicyclic) bond motifs is 1. The molecule has 0 unspecified atom stereocenters. The van der Waals surface area contributed by atoms with Gasteiger partial charge < -0.3 is 24.7 Å². The van der Waals surface area contributed by atoms with Crippen LogP contribution >= 0.6 is 23.6 Å². The first-order chi connectivity index (χ1) is 17.0. The average molecular weight is 508 g/mol. The van der Waals surface area contributed by atoms with Crippen LogP contribution in [0, 0.1) is 6.92 Å². The third-order valence-electron chi connectivity index (χ3n) is 5.79. The molecule has 0 aliphatic heterocycles. The highest BCUT2D eigenvalue weighted by Crippen LogP contribution is 2.27. The fraction of sp³-hybridized carbons (Fsp3) is 0.259. The topological polar surface area (TPSA) is 66.6 Å². The Morgan fingerprint density at radius 1 is 1.06 bits per heavy atom. The molecule has 4 aromatic rings. The molecule has 0 amide bonds. The maximum absolute atomic E-state index is 12.8. The molecule has 2 N–H and O–H groups in total. The number of pyridine rings is 1. The Labute approximate surface area is 214 Å². The van der Waals surface area contributed by atoms with E-state index in [4.69, 9.17) is 21.7 Å². The molecule has 0 saturated carbocycles. The molecule has 0 radical (unpaired) electrons. The standard InChI is InChI=1S/C27H29N3O3S2/c1-18-6-8-23-20(13-18)15-21(26(31)29-23)16-30(17-22-5-4-12-35-22)27(34)28-11-10-19-7-9-24(32-2)25(14-19)33-3/h4-9,12-15H,10-11,16-17H2,1-3H3,(H,28,34)(H,29,31). The summed E-state index contributed by atoms with van der Waals surface area (Å²) in [6.07, 6.45) is 0.767. The van der Waals surface area contributed by atoms with Crippen LogP contribution in [0.1, 0.15) is 21.6 Å². The highest BCUT2D eigenvalue weighted by atomic mass is 32.1. The van der Waals surface area contributed by atoms with Crippen molar-refractivity contribution in [3.05, 3.63) is 91.9 Å². The maximum atomic E-state index is 12.8. The molecular formula is C27H29N3O3S2. The minimum atomic E-state index is -0.0920. The number of ether oxygens (including phenoxy) is 2. The van der Waals surface area contributed by atoms with Gasteiger partial charge in [-0.05, 0) is 78.3 Å². The summed E-state index contributed by atoms with van der Waals surface area (Å²) in [4.78, 5) is 19.1. The molecule has 6 nitrogen and oxygen atoms in total. The van der Waals surface area contributed by atoms with Gasteiger partial charge in [0.15, 0.2) is 16.6 Å². The summed E-state index contributed by atoms with van der Waals surface area (Å²) >= 11 is 7.45. The molecule has 0 aliphatic carbocycles. The van der Waals surface area contributed by atoms with Crippen molar-refractivity contribution in [1.82, 2.24) is 15.2 Å². The molecule has 0 atom stereocenters. The fourth-order valence-electron chi connectivity index (χ4n) is 3.95. The summed E-state index contributed by atoms with van der Waals surface area (Å²) in [7, 11) is 3.26. The van der Waals surface area contributed by atoms with Gasteiger partial charge >= 0.3 is 0 Å². The van der Waals surface area contributed by atoms with Crippen LogP contribution in [0.15, 0.2) is 64.8 Å². The fourth-order valence-corrected chi connectivity index (χ4v) is 4.90. The molecule has 8 heteroatoms. The molecule has 0 aliphatic rings. The molecule has 2 aromatic carbocycles. The number of thiophene rings is 1. The SMILES string of the molecule is COc1ccc(CCNC(=S)N(Cc2cccs2)Cc2cc3cc(C)ccc3[nH]c2=O)cc1OC. The molecule has 0 saturated heterocycles. The summed E-state index contributed by atoms with van der Waals surface area (Å²) in [5.74, 6) is 1.41. The van der Waals surface area contributed by atoms with E-state index in [2.05, 4.69) is 22.4 Å². The van der Waals surface area contributed by atoms with Gasteiger partial charge in [-0.2, -0.15) is 0 Å². The zero-order valence-electron chi connectivity index (χ0n) is 20.1. The first-order valence-corrected chi connectivity index (χ1v) is 12.6. The van der Waals surface area contributed by atoms with Gasteiger partial charge in [0, 0.05) is 22.5 Å². The number of aromatic nitrogens is 1. The van der Waals surface area contributed by atoms with E-state index in [0.717, 1.165) is 28.5 Å². The third kappa shape index (κ3) is 6.21. The zero-order valence-corrected chi connectivity index (χ0v) is 21.7. The van der Waals surface area contributed by atoms with Crippen molar-refractivity contribution in [2.24, 2.45) is 0 Å². The van der Waals surface area contributed by atoms with Gasteiger partial charge in [-0.15, -0.1) is 11.3 Å². The van der Waals surface area contributed by atoms with Crippen LogP contribution in [-0.4, -0.2) is 35.8 Å². The summed E-state index contributed by atoms with van der Waals surface area (Å²) in [5, 5.41) is 7.05. The van der Waals surface area contributed by atoms with Crippen molar-refractivity contribution in [1.29, 1.82) is 0 Å². The van der Waals surface area contributed by atoms with Crippen LogP contribution < -0.4 is 20.3 Å². The number of hydrogen-bond acceptors (Lipinski definition) is 5. The zero-order chi connectivity index (χ0) is 24.8. The summed E-state index contributed by atoms with van der Waals surface area (Å²) in [6, 6.07) is 18.0. The highest BCUT2D eigenvalue weighted by Gasteiger charge is 2.15. The van der Waals surface area contributed by atoms with E-state index in [1.807, 2.05) is 59.7 Å². The lowest BCUT2D eigenvalue weighted by molar-refractivity contribution is 0.354. The second-order valence-electron chi connectivity index (χ2n) is 8.32. The van der Waals surface area contributed by atoms with Crippen LogP contribution in [0.2, 0.25) is 0 Å². The quantitative estimate of drug-likeness (QED) is 0.310. The number of nitrogens with one attached hydrogen (secondary N) is 2. The molecule has 2 aromatic heterocycles. The second-order valence-corrected chi connectivity index (χ2v) is 9.74. The largest absolute Gasteiger partial charge is 0.493 e. The van der Waals surface area contributed by atoms with E-state index >= 15 is 0 Å². The molecule has 35 heavy (non-hydrogen) atoms. The van der Waals surface area contributed by atoms with Gasteiger partial charge in [0.2, 0.25) is 0 Å². The van der Waals surface area contributed by atoms with E-state index in [9.17, 15) is 4.79 Å². The third-order valence-corrected chi connectivity index (χ3v) is 7.05. The monoisotopic (exact) mass is 507 g/mol. The van der Waals surface area contributed by atoms with Crippen molar-refractivity contribution in [3.63, 3.8) is 0 Å². The van der Waals surface area contributed by atoms with Gasteiger partial charge in [-0.3, -0.25) is 4.79 Å². The van der Waals surface area contributed by atoms with E-state index in [-0.39, 0.29) is 5.56 Å². The van der Waals surface area contributed by atoms with Gasteiger partial charge in [-0.25, -0.2) is 0 Å². The number of rotatable bonds is 9. The van der Waals surface area contributed by atoms with E-state index in [0.29, 0.717) is 41.8 Å². The normalized spacial score (nSPS) is 10.8. The maximum Gasteiger partial charge on any atom is 0.253 e. The van der Waals surface area contributed by atoms with E-state index in [1.165, 1.54) is 4.88 Å². The average Bonchev–Trinajstić information content (AvgIpc) is 3.37. The lowest BCUT2D eigenvalue weighted by atomic mass is 10.1. The highest BCUT2D eigenvalue weighted by molar-refractivity contribution is 7.80. The second kappa shape index (κ2) is 11.4. The molecule has 0 bridgehead atoms. The number of nitrogens with zero attached hydrogens (tertiary/aromatic N) is 1. The van der Waals surface area contributed by atoms with Gasteiger partial charge in [0.25, 0.3) is 5.56 Å². The van der Waals surface area contributed by atoms with Crippen LogP contribution in [0.5, 0.6) is 11.5 Å². The molecule has 2 heterocycles. The minimum Gasteiger partial charge on any atom is -0.493 e. The van der Waals surface area contributed by atoms with Crippen LogP contribution in [0.3, 0.4) is 0 Å². The first-order valence-electron chi connectivity index (χ1n) is 11.4. The predicted octanol–water partition coefficient (Wildman–Crippen LogP) is 5.03. The Hall–Kier alpha value is -3.36. The Bertz CT molecular complexity index is 1370. The summed E-state index contributed by atoms with van der Waals surface area (Å²) < 4.78 is 10.7. The number of benzene rings is 2. The van der Waals surface area contributed by atoms with E-state index < -0.39 is 0 Å². The number of aryl methyl sites for hydroxylation is 1. The number of methoxy groups -OCH3 is 2. The van der Waals surface area contributed by atoms with Crippen LogP contribution in [0.4, 0.5) is 0 Å². The van der Waals surface area contributed by atoms with Crippen molar-refractivity contribution in [2.45, 2.75) is 26.4 Å². The van der Waals surface area contributed by atoms with E-state index in [1.54, 1.807) is 25.6 Å². The van der Waals surface area contributed by atoms with Crippen molar-refractivity contribution in [2.75, 3.05) is 20.8 Å². The molecule has 182 valence electrons. The number of aromatic amines is 1. The predicted molar refractivity (Wildman–Crippen MR) is 147 cm³/mol. The van der Waals surface area contributed by atoms with Crippen LogP contribution in [0.25, 0.3) is 10.9 Å². The summed E-state index contributed by atoms with van der Waals surface area (Å²) in [5.41, 5.74) is 3.70. The lowest BCUT2D eigenvalue weighted by Gasteiger charge is -2.25. The minimum absolute atomic E-state index is 0.0920. The summed E-state index contributed by atoms with van der Waals surface area (Å²) in [6.45, 7) is 3.75. The Morgan fingerprint density at radius 2 is 1.89 bits per heavy atom. The van der Waals surface area contributed by atoms with Crippen molar-refractivity contribution in [3.8, 4) is 11.5 Å². The molecular weight excluding hydrogens is 478 g/mol. The Morgan fingerprint density at radius 3 is 2.63 bits per heavy atom. The van der Waals surface area contributed by atoms with Gasteiger partial charge in [0.1, 0.15) is 0 Å². The van der Waals surface area contributed by atoms with Crippen molar-refractivity contribution >= 4 is 39.6 Å². The van der Waals surface area contributed by atoms with Gasteiger partial charge in [0.05, 0.1) is 27.3 Å². The Balaban J connectivity index is 1.48.